The number of hydrogen-bond donors (Lipinski definition) is 0. The van der Waals surface area contributed by atoms with Crippen LogP contribution < -0.4 is 4.80 Å². The summed E-state index contributed by atoms with van der Waals surface area (Å²) in [5, 5.41) is 0. The Hall–Kier alpha value is -2.38. The lowest BCUT2D eigenvalue weighted by atomic mass is 10.1. The van der Waals surface area contributed by atoms with E-state index < -0.39 is 0 Å². The number of thiazole rings is 1. The van der Waals surface area contributed by atoms with Gasteiger partial charge in [0.2, 0.25) is 0 Å². The molecule has 0 saturated heterocycles. The van der Waals surface area contributed by atoms with Crippen LogP contribution in [0.2, 0.25) is 0 Å². The van der Waals surface area contributed by atoms with Crippen LogP contribution in [-0.4, -0.2) is 29.3 Å². The van der Waals surface area contributed by atoms with Crippen molar-refractivity contribution < 1.29 is 14.3 Å². The Bertz CT molecular complexity index is 1110. The Balaban J connectivity index is 2.17. The van der Waals surface area contributed by atoms with E-state index in [9.17, 15) is 9.59 Å². The first-order chi connectivity index (χ1) is 13.4. The SMILES string of the molecule is CCOC(=O)Cn1c(=NC(=O)c2ccccc2SC)sc2cc(C)c(C)cc21. The van der Waals surface area contributed by atoms with Crippen molar-refractivity contribution in [2.75, 3.05) is 12.9 Å². The van der Waals surface area contributed by atoms with Crippen LogP contribution in [0.3, 0.4) is 0 Å². The lowest BCUT2D eigenvalue weighted by Crippen LogP contribution is -2.23. The van der Waals surface area contributed by atoms with Crippen molar-refractivity contribution in [3.63, 3.8) is 0 Å². The Labute approximate surface area is 172 Å². The summed E-state index contributed by atoms with van der Waals surface area (Å²) in [7, 11) is 0. The molecule has 28 heavy (non-hydrogen) atoms. The zero-order valence-electron chi connectivity index (χ0n) is 16.3. The average molecular weight is 415 g/mol. The first-order valence-corrected chi connectivity index (χ1v) is 11.0. The van der Waals surface area contributed by atoms with E-state index in [1.165, 1.54) is 23.1 Å². The molecule has 0 radical (unpaired) electrons. The molecule has 0 bridgehead atoms. The van der Waals surface area contributed by atoms with E-state index in [0.29, 0.717) is 17.0 Å². The molecule has 0 unspecified atom stereocenters. The van der Waals surface area contributed by atoms with Gasteiger partial charge < -0.3 is 9.30 Å². The fourth-order valence-electron chi connectivity index (χ4n) is 2.86. The second kappa shape index (κ2) is 8.75. The van der Waals surface area contributed by atoms with Crippen LogP contribution >= 0.6 is 23.1 Å². The summed E-state index contributed by atoms with van der Waals surface area (Å²) in [6, 6.07) is 11.5. The van der Waals surface area contributed by atoms with E-state index >= 15 is 0 Å². The van der Waals surface area contributed by atoms with Crippen LogP contribution in [0.4, 0.5) is 0 Å². The number of aromatic nitrogens is 1. The maximum absolute atomic E-state index is 12.9. The number of aryl methyl sites for hydroxylation is 2. The first kappa shape index (κ1) is 20.4. The fraction of sp³-hybridized carbons (Fsp3) is 0.286. The molecule has 3 aromatic rings. The molecule has 0 N–H and O–H groups in total. The number of hydrogen-bond acceptors (Lipinski definition) is 5. The van der Waals surface area contributed by atoms with Gasteiger partial charge in [0.15, 0.2) is 4.80 Å². The molecule has 1 aromatic heterocycles. The van der Waals surface area contributed by atoms with Gasteiger partial charge in [0.1, 0.15) is 6.54 Å². The second-order valence-electron chi connectivity index (χ2n) is 6.30. The molecule has 0 aliphatic carbocycles. The summed E-state index contributed by atoms with van der Waals surface area (Å²) < 4.78 is 7.87. The summed E-state index contributed by atoms with van der Waals surface area (Å²) >= 11 is 2.91. The van der Waals surface area contributed by atoms with Crippen LogP contribution in [0.1, 0.15) is 28.4 Å². The van der Waals surface area contributed by atoms with Crippen LogP contribution in [0, 0.1) is 13.8 Å². The third-order valence-electron chi connectivity index (χ3n) is 4.43. The van der Waals surface area contributed by atoms with Gasteiger partial charge in [-0.05, 0) is 62.4 Å². The van der Waals surface area contributed by atoms with Crippen molar-refractivity contribution in [2.24, 2.45) is 4.99 Å². The Morgan fingerprint density at radius 3 is 2.61 bits per heavy atom. The normalized spacial score (nSPS) is 11.8. The van der Waals surface area contributed by atoms with Crippen molar-refractivity contribution in [3.8, 4) is 0 Å². The third-order valence-corrected chi connectivity index (χ3v) is 6.26. The van der Waals surface area contributed by atoms with E-state index in [1.54, 1.807) is 17.6 Å². The van der Waals surface area contributed by atoms with Gasteiger partial charge in [0.05, 0.1) is 22.4 Å². The number of rotatable bonds is 5. The van der Waals surface area contributed by atoms with Crippen LogP contribution in [0.15, 0.2) is 46.3 Å². The summed E-state index contributed by atoms with van der Waals surface area (Å²) in [5.74, 6) is -0.665. The molecule has 0 spiro atoms. The number of thioether (sulfide) groups is 1. The van der Waals surface area contributed by atoms with Crippen molar-refractivity contribution >= 4 is 45.2 Å². The second-order valence-corrected chi connectivity index (χ2v) is 8.15. The van der Waals surface area contributed by atoms with Crippen LogP contribution in [0.25, 0.3) is 10.2 Å². The van der Waals surface area contributed by atoms with Gasteiger partial charge in [-0.15, -0.1) is 11.8 Å². The van der Waals surface area contributed by atoms with Crippen molar-refractivity contribution in [1.82, 2.24) is 4.57 Å². The molecule has 1 amide bonds. The number of nitrogens with zero attached hydrogens (tertiary/aromatic N) is 2. The summed E-state index contributed by atoms with van der Waals surface area (Å²) in [4.78, 5) is 30.8. The average Bonchev–Trinajstić information content (AvgIpc) is 2.98. The molecule has 1 heterocycles. The molecule has 0 aliphatic rings. The predicted molar refractivity (Wildman–Crippen MR) is 114 cm³/mol. The van der Waals surface area contributed by atoms with E-state index in [1.807, 2.05) is 44.4 Å². The quantitative estimate of drug-likeness (QED) is 0.460. The predicted octanol–water partition coefficient (Wildman–Crippen LogP) is 4.35. The van der Waals surface area contributed by atoms with Crippen molar-refractivity contribution in [3.05, 3.63) is 57.9 Å². The van der Waals surface area contributed by atoms with Gasteiger partial charge in [-0.25, -0.2) is 0 Å². The van der Waals surface area contributed by atoms with Gasteiger partial charge in [-0.1, -0.05) is 23.5 Å². The van der Waals surface area contributed by atoms with Gasteiger partial charge in [-0.3, -0.25) is 9.59 Å². The third kappa shape index (κ3) is 4.20. The summed E-state index contributed by atoms with van der Waals surface area (Å²) in [6.45, 7) is 6.17. The van der Waals surface area contributed by atoms with Gasteiger partial charge in [-0.2, -0.15) is 4.99 Å². The maximum atomic E-state index is 12.9. The zero-order chi connectivity index (χ0) is 20.3. The van der Waals surface area contributed by atoms with Crippen LogP contribution in [-0.2, 0) is 16.1 Å². The van der Waals surface area contributed by atoms with E-state index in [-0.39, 0.29) is 18.4 Å². The number of carbonyl (C=O) groups is 2. The number of benzene rings is 2. The molecule has 7 heteroatoms. The Kier molecular flexibility index (Phi) is 6.36. The fourth-order valence-corrected chi connectivity index (χ4v) is 4.56. The molecule has 0 saturated carbocycles. The number of carbonyl (C=O) groups excluding carboxylic acids is 2. The van der Waals surface area contributed by atoms with Crippen LogP contribution in [0.5, 0.6) is 0 Å². The van der Waals surface area contributed by atoms with E-state index in [0.717, 1.165) is 26.2 Å². The highest BCUT2D eigenvalue weighted by atomic mass is 32.2. The largest absolute Gasteiger partial charge is 0.465 e. The number of esters is 1. The van der Waals surface area contributed by atoms with Crippen molar-refractivity contribution in [1.29, 1.82) is 0 Å². The molecule has 0 aliphatic heterocycles. The Morgan fingerprint density at radius 1 is 1.18 bits per heavy atom. The number of fused-ring (bicyclic) bond motifs is 1. The molecule has 146 valence electrons. The standard InChI is InChI=1S/C21H22N2O3S2/c1-5-26-19(24)12-23-16-10-13(2)14(3)11-18(16)28-21(23)22-20(25)15-8-6-7-9-17(15)27-4/h6-11H,5,12H2,1-4H3. The minimum Gasteiger partial charge on any atom is -0.465 e. The highest BCUT2D eigenvalue weighted by Gasteiger charge is 2.15. The van der Waals surface area contributed by atoms with Gasteiger partial charge in [0, 0.05) is 4.90 Å². The minimum atomic E-state index is -0.348. The molecule has 0 fully saturated rings. The number of ether oxygens (including phenoxy) is 1. The molecule has 3 rings (SSSR count). The van der Waals surface area contributed by atoms with E-state index in [4.69, 9.17) is 4.74 Å². The maximum Gasteiger partial charge on any atom is 0.326 e. The first-order valence-electron chi connectivity index (χ1n) is 8.93. The smallest absolute Gasteiger partial charge is 0.326 e. The minimum absolute atomic E-state index is 0.0205. The molecule has 0 atom stereocenters. The highest BCUT2D eigenvalue weighted by Crippen LogP contribution is 2.23. The monoisotopic (exact) mass is 414 g/mol. The summed E-state index contributed by atoms with van der Waals surface area (Å²) in [5.41, 5.74) is 3.71. The highest BCUT2D eigenvalue weighted by molar-refractivity contribution is 7.98. The number of amides is 1. The lowest BCUT2D eigenvalue weighted by Gasteiger charge is -2.07. The van der Waals surface area contributed by atoms with Gasteiger partial charge >= 0.3 is 5.97 Å². The van der Waals surface area contributed by atoms with Gasteiger partial charge in [0.25, 0.3) is 5.91 Å². The molecule has 5 nitrogen and oxygen atoms in total. The van der Waals surface area contributed by atoms with E-state index in [2.05, 4.69) is 11.1 Å². The molecular formula is C21H22N2O3S2. The zero-order valence-corrected chi connectivity index (χ0v) is 17.9. The Morgan fingerprint density at radius 2 is 1.89 bits per heavy atom. The summed E-state index contributed by atoms with van der Waals surface area (Å²) in [6.07, 6.45) is 1.93. The topological polar surface area (TPSA) is 60.7 Å². The lowest BCUT2D eigenvalue weighted by molar-refractivity contribution is -0.143. The van der Waals surface area contributed by atoms with Crippen molar-refractivity contribution in [2.45, 2.75) is 32.2 Å². The molecular weight excluding hydrogens is 392 g/mol. The molecule has 2 aromatic carbocycles.